The van der Waals surface area contributed by atoms with E-state index in [-0.39, 0.29) is 30.7 Å². The molecule has 2 aliphatic carbocycles. The molecule has 0 radical (unpaired) electrons. The fourth-order valence-electron chi connectivity index (χ4n) is 3.15. The van der Waals surface area contributed by atoms with Crippen molar-refractivity contribution in [3.63, 3.8) is 0 Å². The average molecular weight is 342 g/mol. The summed E-state index contributed by atoms with van der Waals surface area (Å²) in [4.78, 5) is 13.0. The van der Waals surface area contributed by atoms with Crippen molar-refractivity contribution in [2.45, 2.75) is 44.3 Å². The second-order valence-electron chi connectivity index (χ2n) is 6.83. The monoisotopic (exact) mass is 342 g/mol. The first-order valence-corrected chi connectivity index (χ1v) is 8.25. The molecule has 1 aromatic rings. The molecule has 0 aliphatic heterocycles. The highest BCUT2D eigenvalue weighted by molar-refractivity contribution is 5.69. The molecule has 0 heterocycles. The van der Waals surface area contributed by atoms with Crippen LogP contribution in [-0.4, -0.2) is 41.1 Å². The van der Waals surface area contributed by atoms with Crippen LogP contribution in [0.3, 0.4) is 0 Å². The van der Waals surface area contributed by atoms with Crippen LogP contribution in [0.4, 0.5) is 13.2 Å². The van der Waals surface area contributed by atoms with Crippen molar-refractivity contribution < 1.29 is 23.1 Å². The van der Waals surface area contributed by atoms with Crippen molar-refractivity contribution >= 4 is 5.97 Å². The molecule has 4 nitrogen and oxygen atoms in total. The van der Waals surface area contributed by atoms with E-state index in [4.69, 9.17) is 5.11 Å². The normalized spacial score (nSPS) is 23.3. The zero-order valence-electron chi connectivity index (χ0n) is 13.3. The van der Waals surface area contributed by atoms with Crippen molar-refractivity contribution in [3.8, 4) is 0 Å². The highest BCUT2D eigenvalue weighted by Crippen LogP contribution is 2.33. The van der Waals surface area contributed by atoms with Crippen LogP contribution in [0.15, 0.2) is 12.1 Å². The van der Waals surface area contributed by atoms with Gasteiger partial charge in [-0.3, -0.25) is 9.69 Å². The summed E-state index contributed by atoms with van der Waals surface area (Å²) < 4.78 is 39.6. The Morgan fingerprint density at radius 3 is 2.46 bits per heavy atom. The van der Waals surface area contributed by atoms with Gasteiger partial charge in [0.05, 0.1) is 6.54 Å². The Bertz CT molecular complexity index is 616. The zero-order chi connectivity index (χ0) is 17.3. The van der Waals surface area contributed by atoms with Crippen LogP contribution in [0.1, 0.15) is 31.2 Å². The van der Waals surface area contributed by atoms with Gasteiger partial charge in [-0.2, -0.15) is 0 Å². The van der Waals surface area contributed by atoms with E-state index < -0.39 is 23.4 Å². The lowest BCUT2D eigenvalue weighted by atomic mass is 9.85. The number of carboxylic acids is 1. The maximum absolute atomic E-state index is 13.6. The molecule has 0 bridgehead atoms. The lowest BCUT2D eigenvalue weighted by molar-refractivity contribution is -0.139. The molecule has 24 heavy (non-hydrogen) atoms. The first-order chi connectivity index (χ1) is 11.4. The second kappa shape index (κ2) is 7.11. The minimum absolute atomic E-state index is 0.0473. The lowest BCUT2D eigenvalue weighted by Crippen LogP contribution is -2.54. The van der Waals surface area contributed by atoms with Crippen LogP contribution in [0, 0.1) is 23.4 Å². The highest BCUT2D eigenvalue weighted by Gasteiger charge is 2.36. The van der Waals surface area contributed by atoms with Gasteiger partial charge in [0.15, 0.2) is 11.6 Å². The molecule has 0 amide bonds. The molecular weight excluding hydrogens is 321 g/mol. The summed E-state index contributed by atoms with van der Waals surface area (Å²) in [5.74, 6) is -3.22. The third-order valence-corrected chi connectivity index (χ3v) is 4.83. The minimum atomic E-state index is -1.19. The maximum atomic E-state index is 13.6. The van der Waals surface area contributed by atoms with Gasteiger partial charge in [0.25, 0.3) is 0 Å². The Labute approximate surface area is 138 Å². The molecule has 1 aromatic carbocycles. The molecule has 3 rings (SSSR count). The summed E-state index contributed by atoms with van der Waals surface area (Å²) in [5.41, 5.74) is 0.0951. The Morgan fingerprint density at radius 1 is 1.17 bits per heavy atom. The standard InChI is InChI=1S/C17H21F3N2O2/c18-14-6-16(20)15(19)3-11(14)7-21-12-4-13(5-12)22(9-17(23)24)8-10-1-2-10/h3,6,10,12-13,21H,1-2,4-5,7-9H2,(H,23,24). The number of hydrogen-bond donors (Lipinski definition) is 2. The van der Waals surface area contributed by atoms with E-state index in [2.05, 4.69) is 5.32 Å². The van der Waals surface area contributed by atoms with Gasteiger partial charge in [-0.15, -0.1) is 0 Å². The summed E-state index contributed by atoms with van der Waals surface area (Å²) in [5, 5.41) is 12.1. The zero-order valence-corrected chi connectivity index (χ0v) is 13.3. The third-order valence-electron chi connectivity index (χ3n) is 4.83. The maximum Gasteiger partial charge on any atom is 0.317 e. The fraction of sp³-hybridized carbons (Fsp3) is 0.588. The molecule has 0 atom stereocenters. The lowest BCUT2D eigenvalue weighted by Gasteiger charge is -2.43. The number of aliphatic carboxylic acids is 1. The highest BCUT2D eigenvalue weighted by atomic mass is 19.2. The van der Waals surface area contributed by atoms with Crippen LogP contribution in [0.5, 0.6) is 0 Å². The molecule has 2 fully saturated rings. The van der Waals surface area contributed by atoms with Gasteiger partial charge in [0.2, 0.25) is 0 Å². The first-order valence-electron chi connectivity index (χ1n) is 8.25. The minimum Gasteiger partial charge on any atom is -0.480 e. The van der Waals surface area contributed by atoms with Crippen molar-refractivity contribution in [1.29, 1.82) is 0 Å². The molecule has 0 spiro atoms. The van der Waals surface area contributed by atoms with E-state index in [0.717, 1.165) is 25.5 Å². The second-order valence-corrected chi connectivity index (χ2v) is 6.83. The summed E-state index contributed by atoms with van der Waals surface area (Å²) in [6.07, 6.45) is 3.90. The van der Waals surface area contributed by atoms with Crippen LogP contribution in [0.25, 0.3) is 0 Å². The largest absolute Gasteiger partial charge is 0.480 e. The number of carbonyl (C=O) groups is 1. The smallest absolute Gasteiger partial charge is 0.317 e. The van der Waals surface area contributed by atoms with E-state index >= 15 is 0 Å². The van der Waals surface area contributed by atoms with Crippen molar-refractivity contribution in [1.82, 2.24) is 10.2 Å². The topological polar surface area (TPSA) is 52.6 Å². The molecular formula is C17H21F3N2O2. The molecule has 2 N–H and O–H groups in total. The molecule has 7 heteroatoms. The molecule has 2 aliphatic rings. The average Bonchev–Trinajstić information content (AvgIpc) is 3.25. The molecule has 132 valence electrons. The van der Waals surface area contributed by atoms with Crippen molar-refractivity contribution in [2.24, 2.45) is 5.92 Å². The van der Waals surface area contributed by atoms with Gasteiger partial charge < -0.3 is 10.4 Å². The predicted molar refractivity (Wildman–Crippen MR) is 81.9 cm³/mol. The first kappa shape index (κ1) is 17.2. The van der Waals surface area contributed by atoms with Crippen molar-refractivity contribution in [2.75, 3.05) is 13.1 Å². The summed E-state index contributed by atoms with van der Waals surface area (Å²) in [6, 6.07) is 1.78. The number of halogens is 3. The number of carboxylic acid groups (broad SMARTS) is 1. The van der Waals surface area contributed by atoms with Gasteiger partial charge in [-0.05, 0) is 37.7 Å². The number of benzene rings is 1. The Hall–Kier alpha value is -1.60. The molecule has 0 saturated heterocycles. The van der Waals surface area contributed by atoms with E-state index in [1.807, 2.05) is 4.90 Å². The summed E-state index contributed by atoms with van der Waals surface area (Å²) in [7, 11) is 0. The molecule has 2 saturated carbocycles. The van der Waals surface area contributed by atoms with Crippen LogP contribution in [-0.2, 0) is 11.3 Å². The Morgan fingerprint density at radius 2 is 1.83 bits per heavy atom. The summed E-state index contributed by atoms with van der Waals surface area (Å²) >= 11 is 0. The SMILES string of the molecule is O=C(O)CN(CC1CC1)C1CC(NCc2cc(F)c(F)cc2F)C1. The van der Waals surface area contributed by atoms with Crippen molar-refractivity contribution in [3.05, 3.63) is 35.1 Å². The van der Waals surface area contributed by atoms with Gasteiger partial charge in [0.1, 0.15) is 5.82 Å². The van der Waals surface area contributed by atoms with Gasteiger partial charge in [0, 0.05) is 36.8 Å². The summed E-state index contributed by atoms with van der Waals surface area (Å²) in [6.45, 7) is 0.995. The Kier molecular flexibility index (Phi) is 5.10. The predicted octanol–water partition coefficient (Wildman–Crippen LogP) is 2.52. The quantitative estimate of drug-likeness (QED) is 0.713. The number of rotatable bonds is 8. The van der Waals surface area contributed by atoms with E-state index in [1.165, 1.54) is 12.8 Å². The van der Waals surface area contributed by atoms with E-state index in [0.29, 0.717) is 12.0 Å². The molecule has 0 aromatic heterocycles. The van der Waals surface area contributed by atoms with Gasteiger partial charge in [-0.25, -0.2) is 13.2 Å². The number of nitrogens with zero attached hydrogens (tertiary/aromatic N) is 1. The Balaban J connectivity index is 1.47. The third kappa shape index (κ3) is 4.27. The number of hydrogen-bond acceptors (Lipinski definition) is 3. The van der Waals surface area contributed by atoms with Gasteiger partial charge >= 0.3 is 5.97 Å². The van der Waals surface area contributed by atoms with E-state index in [9.17, 15) is 18.0 Å². The van der Waals surface area contributed by atoms with Crippen LogP contribution >= 0.6 is 0 Å². The van der Waals surface area contributed by atoms with Crippen LogP contribution in [0.2, 0.25) is 0 Å². The molecule has 0 unspecified atom stereocenters. The van der Waals surface area contributed by atoms with Crippen LogP contribution < -0.4 is 5.32 Å². The van der Waals surface area contributed by atoms with E-state index in [1.54, 1.807) is 0 Å². The van der Waals surface area contributed by atoms with Gasteiger partial charge in [-0.1, -0.05) is 0 Å². The number of nitrogens with one attached hydrogen (secondary N) is 1. The fourth-order valence-corrected chi connectivity index (χ4v) is 3.15.